The number of allylic oxidation sites excluding steroid dienone is 4. The van der Waals surface area contributed by atoms with Gasteiger partial charge in [0, 0.05) is 12.8 Å². The molecule has 6 nitrogen and oxygen atoms in total. The van der Waals surface area contributed by atoms with E-state index < -0.39 is 12.1 Å². The first-order chi connectivity index (χ1) is 43.0. The van der Waals surface area contributed by atoms with Gasteiger partial charge in [0.05, 0.1) is 25.4 Å². The molecular weight excluding hydrogens is 1070 g/mol. The van der Waals surface area contributed by atoms with Gasteiger partial charge in [-0.15, -0.1) is 0 Å². The highest BCUT2D eigenvalue weighted by Gasteiger charge is 2.20. The van der Waals surface area contributed by atoms with Crippen LogP contribution in [0.15, 0.2) is 24.3 Å². The minimum Gasteiger partial charge on any atom is -0.466 e. The van der Waals surface area contributed by atoms with Gasteiger partial charge >= 0.3 is 5.97 Å². The highest BCUT2D eigenvalue weighted by molar-refractivity contribution is 5.76. The Bertz CT molecular complexity index is 1360. The van der Waals surface area contributed by atoms with Gasteiger partial charge in [-0.3, -0.25) is 9.59 Å². The standard InChI is InChI=1S/C81H157NO5/c1-3-5-7-9-11-13-15-17-19-21-23-24-35-38-41-45-49-53-57-61-65-69-73-79(84)78(77-83)82-80(85)74-70-66-62-58-54-50-46-42-39-36-33-31-29-27-25-26-28-30-32-34-37-40-44-48-52-56-60-64-68-72-76-87-81(86)75-71-67-63-59-55-51-47-43-22-20-18-16-14-12-10-8-6-4-2/h14,16,20,22,78-79,83-84H,3-13,15,17-19,21,23-77H2,1-2H3,(H,82,85)/b16-14-,22-20-. The van der Waals surface area contributed by atoms with Crippen LogP contribution in [0, 0.1) is 0 Å². The summed E-state index contributed by atoms with van der Waals surface area (Å²) in [7, 11) is 0. The largest absolute Gasteiger partial charge is 0.466 e. The van der Waals surface area contributed by atoms with Gasteiger partial charge in [0.1, 0.15) is 0 Å². The average Bonchev–Trinajstić information content (AvgIpc) is 3.52. The molecule has 6 heteroatoms. The van der Waals surface area contributed by atoms with Crippen LogP contribution in [-0.4, -0.2) is 47.4 Å². The molecular formula is C81H157NO5. The lowest BCUT2D eigenvalue weighted by Crippen LogP contribution is -2.45. The van der Waals surface area contributed by atoms with Crippen molar-refractivity contribution in [1.29, 1.82) is 0 Å². The maximum absolute atomic E-state index is 12.6. The molecule has 0 aromatic rings. The molecule has 0 aromatic carbocycles. The van der Waals surface area contributed by atoms with Crippen LogP contribution < -0.4 is 5.32 Å². The van der Waals surface area contributed by atoms with Crippen molar-refractivity contribution in [2.24, 2.45) is 0 Å². The van der Waals surface area contributed by atoms with Gasteiger partial charge in [-0.1, -0.05) is 411 Å². The molecule has 0 aromatic heterocycles. The molecule has 0 aliphatic carbocycles. The monoisotopic (exact) mass is 1220 g/mol. The van der Waals surface area contributed by atoms with Crippen molar-refractivity contribution in [2.75, 3.05) is 13.2 Å². The summed E-state index contributed by atoms with van der Waals surface area (Å²) in [5.41, 5.74) is 0. The Balaban J connectivity index is 3.33. The second-order valence-corrected chi connectivity index (χ2v) is 27.8. The minimum absolute atomic E-state index is 0.0139. The average molecular weight is 1230 g/mol. The van der Waals surface area contributed by atoms with Crippen molar-refractivity contribution < 1.29 is 24.5 Å². The zero-order chi connectivity index (χ0) is 62.8. The fraction of sp³-hybridized carbons (Fsp3) is 0.926. The highest BCUT2D eigenvalue weighted by atomic mass is 16.5. The molecule has 0 spiro atoms. The van der Waals surface area contributed by atoms with Gasteiger partial charge in [-0.25, -0.2) is 0 Å². The Kier molecular flexibility index (Phi) is 75.3. The van der Waals surface area contributed by atoms with Crippen LogP contribution in [-0.2, 0) is 14.3 Å². The summed E-state index contributed by atoms with van der Waals surface area (Å²) >= 11 is 0. The number of amides is 1. The first-order valence-electron chi connectivity index (χ1n) is 40.1. The maximum atomic E-state index is 12.6. The van der Waals surface area contributed by atoms with Crippen LogP contribution in [0.2, 0.25) is 0 Å². The summed E-state index contributed by atoms with van der Waals surface area (Å²) in [6.45, 7) is 4.99. The van der Waals surface area contributed by atoms with Crippen molar-refractivity contribution >= 4 is 11.9 Å². The fourth-order valence-corrected chi connectivity index (χ4v) is 12.9. The molecule has 0 fully saturated rings. The zero-order valence-corrected chi connectivity index (χ0v) is 59.3. The molecule has 0 aliphatic rings. The van der Waals surface area contributed by atoms with E-state index >= 15 is 0 Å². The first-order valence-corrected chi connectivity index (χ1v) is 40.1. The number of carbonyl (C=O) groups is 2. The highest BCUT2D eigenvalue weighted by Crippen LogP contribution is 2.20. The van der Waals surface area contributed by atoms with Crippen LogP contribution in [0.4, 0.5) is 0 Å². The SMILES string of the molecule is CCCCCC/C=C\C/C=C\CCCCCCCCCC(=O)OCCCCCCCCCCCCCCCCCCCCCCCCCCCCCCCCC(=O)NC(CO)C(O)CCCCCCCCCCCCCCCCCCCCCCCC. The Morgan fingerprint density at radius 3 is 0.885 bits per heavy atom. The Morgan fingerprint density at radius 1 is 0.322 bits per heavy atom. The topological polar surface area (TPSA) is 95.9 Å². The summed E-state index contributed by atoms with van der Waals surface area (Å²) < 4.78 is 5.51. The number of ether oxygens (including phenoxy) is 1. The normalized spacial score (nSPS) is 12.6. The van der Waals surface area contributed by atoms with Crippen LogP contribution in [0.5, 0.6) is 0 Å². The van der Waals surface area contributed by atoms with E-state index in [-0.39, 0.29) is 18.5 Å². The summed E-state index contributed by atoms with van der Waals surface area (Å²) in [6.07, 6.45) is 98.4. The third-order valence-corrected chi connectivity index (χ3v) is 19.0. The second kappa shape index (κ2) is 76.8. The minimum atomic E-state index is -0.663. The molecule has 0 saturated carbocycles. The number of unbranched alkanes of at least 4 members (excludes halogenated alkanes) is 61. The van der Waals surface area contributed by atoms with Gasteiger partial charge in [-0.2, -0.15) is 0 Å². The molecule has 3 N–H and O–H groups in total. The number of esters is 1. The van der Waals surface area contributed by atoms with Crippen molar-refractivity contribution in [1.82, 2.24) is 5.32 Å². The van der Waals surface area contributed by atoms with Crippen molar-refractivity contribution in [2.45, 2.75) is 469 Å². The van der Waals surface area contributed by atoms with E-state index in [0.717, 1.165) is 51.4 Å². The Hall–Kier alpha value is -1.66. The van der Waals surface area contributed by atoms with E-state index in [1.807, 2.05) is 0 Å². The van der Waals surface area contributed by atoms with Crippen molar-refractivity contribution in [3.8, 4) is 0 Å². The van der Waals surface area contributed by atoms with Crippen LogP contribution >= 0.6 is 0 Å². The predicted octanol–water partition coefficient (Wildman–Crippen LogP) is 26.4. The quantitative estimate of drug-likeness (QED) is 0.0320. The lowest BCUT2D eigenvalue weighted by atomic mass is 10.0. The number of rotatable bonds is 76. The van der Waals surface area contributed by atoms with E-state index in [4.69, 9.17) is 4.74 Å². The van der Waals surface area contributed by atoms with E-state index in [9.17, 15) is 19.8 Å². The van der Waals surface area contributed by atoms with Gasteiger partial charge in [0.15, 0.2) is 0 Å². The first kappa shape index (κ1) is 85.3. The molecule has 1 amide bonds. The molecule has 0 aliphatic heterocycles. The van der Waals surface area contributed by atoms with E-state index in [0.29, 0.717) is 25.9 Å². The molecule has 516 valence electrons. The smallest absolute Gasteiger partial charge is 0.305 e. The number of hydrogen-bond donors (Lipinski definition) is 3. The molecule has 87 heavy (non-hydrogen) atoms. The van der Waals surface area contributed by atoms with Crippen molar-refractivity contribution in [3.05, 3.63) is 24.3 Å². The zero-order valence-electron chi connectivity index (χ0n) is 59.3. The van der Waals surface area contributed by atoms with Crippen molar-refractivity contribution in [3.63, 3.8) is 0 Å². The van der Waals surface area contributed by atoms with E-state index in [1.54, 1.807) is 0 Å². The maximum Gasteiger partial charge on any atom is 0.305 e. The van der Waals surface area contributed by atoms with Gasteiger partial charge in [-0.05, 0) is 57.8 Å². The van der Waals surface area contributed by atoms with E-state index in [1.165, 1.54) is 372 Å². The third-order valence-electron chi connectivity index (χ3n) is 19.0. The summed E-state index contributed by atoms with van der Waals surface area (Å²) in [4.78, 5) is 24.7. The predicted molar refractivity (Wildman–Crippen MR) is 384 cm³/mol. The van der Waals surface area contributed by atoms with Gasteiger partial charge in [0.2, 0.25) is 5.91 Å². The number of carbonyl (C=O) groups excluding carboxylic acids is 2. The second-order valence-electron chi connectivity index (χ2n) is 27.8. The van der Waals surface area contributed by atoms with Crippen LogP contribution in [0.25, 0.3) is 0 Å². The lowest BCUT2D eigenvalue weighted by molar-refractivity contribution is -0.143. The van der Waals surface area contributed by atoms with Crippen LogP contribution in [0.1, 0.15) is 457 Å². The van der Waals surface area contributed by atoms with E-state index in [2.05, 4.69) is 43.5 Å². The molecule has 0 heterocycles. The Morgan fingerprint density at radius 2 is 0.575 bits per heavy atom. The molecule has 2 atom stereocenters. The van der Waals surface area contributed by atoms with Crippen LogP contribution in [0.3, 0.4) is 0 Å². The number of aliphatic hydroxyl groups is 2. The Labute approximate surface area is 545 Å². The summed E-state index contributed by atoms with van der Waals surface area (Å²) in [5, 5.41) is 23.5. The van der Waals surface area contributed by atoms with Gasteiger partial charge in [0.25, 0.3) is 0 Å². The lowest BCUT2D eigenvalue weighted by Gasteiger charge is -2.22. The molecule has 2 unspecified atom stereocenters. The third kappa shape index (κ3) is 73.3. The molecule has 0 bridgehead atoms. The number of hydrogen-bond acceptors (Lipinski definition) is 5. The fourth-order valence-electron chi connectivity index (χ4n) is 12.9. The number of aliphatic hydroxyl groups excluding tert-OH is 2. The molecule has 0 rings (SSSR count). The summed E-state index contributed by atoms with van der Waals surface area (Å²) in [6, 6.07) is -0.539. The summed E-state index contributed by atoms with van der Waals surface area (Å²) in [5.74, 6) is -0.0117. The molecule has 0 saturated heterocycles. The molecule has 0 radical (unpaired) electrons. The van der Waals surface area contributed by atoms with Gasteiger partial charge < -0.3 is 20.3 Å². The number of nitrogens with one attached hydrogen (secondary N) is 1.